The summed E-state index contributed by atoms with van der Waals surface area (Å²) >= 11 is 0. The molecule has 0 saturated carbocycles. The normalized spacial score (nSPS) is 10.7. The molecule has 0 radical (unpaired) electrons. The van der Waals surface area contributed by atoms with Crippen LogP contribution < -0.4 is 5.73 Å². The Morgan fingerprint density at radius 1 is 1.05 bits per heavy atom. The number of rotatable bonds is 2. The fourth-order valence-electron chi connectivity index (χ4n) is 1.91. The Kier molecular flexibility index (Phi) is 2.95. The van der Waals surface area contributed by atoms with Gasteiger partial charge in [-0.1, -0.05) is 12.1 Å². The Morgan fingerprint density at radius 3 is 2.45 bits per heavy atom. The minimum Gasteiger partial charge on any atom is -0.398 e. The summed E-state index contributed by atoms with van der Waals surface area (Å²) in [7, 11) is 0. The molecule has 5 heteroatoms. The van der Waals surface area contributed by atoms with E-state index in [-0.39, 0.29) is 5.82 Å². The van der Waals surface area contributed by atoms with Crippen LogP contribution in [0.1, 0.15) is 5.56 Å². The SMILES string of the molecule is Cc1ccc(-c2n[nH]c(-c3ccc(F)cc3)n2)cc1N. The molecular weight excluding hydrogens is 255 g/mol. The van der Waals surface area contributed by atoms with E-state index in [0.717, 1.165) is 16.7 Å². The van der Waals surface area contributed by atoms with Crippen LogP contribution >= 0.6 is 0 Å². The molecule has 0 aliphatic carbocycles. The van der Waals surface area contributed by atoms with Gasteiger partial charge in [-0.15, -0.1) is 0 Å². The molecule has 3 aromatic rings. The van der Waals surface area contributed by atoms with E-state index in [4.69, 9.17) is 5.73 Å². The van der Waals surface area contributed by atoms with E-state index in [2.05, 4.69) is 15.2 Å². The van der Waals surface area contributed by atoms with Crippen LogP contribution in [-0.4, -0.2) is 15.2 Å². The summed E-state index contributed by atoms with van der Waals surface area (Å²) in [4.78, 5) is 4.41. The lowest BCUT2D eigenvalue weighted by atomic mass is 10.1. The number of aromatic amines is 1. The predicted octanol–water partition coefficient (Wildman–Crippen LogP) is 3.17. The standard InChI is InChI=1S/C15H13FN4/c1-9-2-3-11(8-13(9)17)15-18-14(19-20-15)10-4-6-12(16)7-5-10/h2-8H,17H2,1H3,(H,18,19,20). The predicted molar refractivity (Wildman–Crippen MR) is 76.4 cm³/mol. The van der Waals surface area contributed by atoms with Crippen LogP contribution in [0.15, 0.2) is 42.5 Å². The summed E-state index contributed by atoms with van der Waals surface area (Å²) in [5.41, 5.74) is 9.23. The highest BCUT2D eigenvalue weighted by molar-refractivity contribution is 5.65. The van der Waals surface area contributed by atoms with Crippen molar-refractivity contribution in [2.24, 2.45) is 0 Å². The lowest BCUT2D eigenvalue weighted by molar-refractivity contribution is 0.628. The number of H-pyrrole nitrogens is 1. The van der Waals surface area contributed by atoms with E-state index in [1.165, 1.54) is 12.1 Å². The van der Waals surface area contributed by atoms with Gasteiger partial charge in [0.15, 0.2) is 11.6 Å². The van der Waals surface area contributed by atoms with Crippen LogP contribution in [0.25, 0.3) is 22.8 Å². The van der Waals surface area contributed by atoms with Crippen LogP contribution in [0.3, 0.4) is 0 Å². The number of benzene rings is 2. The van der Waals surface area contributed by atoms with Crippen molar-refractivity contribution in [3.05, 3.63) is 53.8 Å². The third kappa shape index (κ3) is 2.25. The van der Waals surface area contributed by atoms with Gasteiger partial charge in [0.2, 0.25) is 0 Å². The van der Waals surface area contributed by atoms with Gasteiger partial charge in [0.05, 0.1) is 0 Å². The Labute approximate surface area is 115 Å². The summed E-state index contributed by atoms with van der Waals surface area (Å²) in [5, 5.41) is 7.02. The maximum atomic E-state index is 12.9. The van der Waals surface area contributed by atoms with Crippen LogP contribution in [0.4, 0.5) is 10.1 Å². The fourth-order valence-corrected chi connectivity index (χ4v) is 1.91. The molecule has 100 valence electrons. The van der Waals surface area contributed by atoms with Crippen molar-refractivity contribution in [1.82, 2.24) is 15.2 Å². The van der Waals surface area contributed by atoms with E-state index in [0.29, 0.717) is 17.3 Å². The average Bonchev–Trinajstić information content (AvgIpc) is 2.92. The molecule has 2 aromatic carbocycles. The number of aryl methyl sites for hydroxylation is 1. The molecule has 3 rings (SSSR count). The molecule has 0 spiro atoms. The number of nitrogens with two attached hydrogens (primary N) is 1. The van der Waals surface area contributed by atoms with Gasteiger partial charge in [-0.3, -0.25) is 5.10 Å². The van der Waals surface area contributed by atoms with Crippen molar-refractivity contribution >= 4 is 5.69 Å². The molecule has 4 nitrogen and oxygen atoms in total. The van der Waals surface area contributed by atoms with E-state index in [1.54, 1.807) is 12.1 Å². The van der Waals surface area contributed by atoms with Crippen molar-refractivity contribution < 1.29 is 4.39 Å². The van der Waals surface area contributed by atoms with Crippen LogP contribution in [-0.2, 0) is 0 Å². The Balaban J connectivity index is 1.97. The zero-order chi connectivity index (χ0) is 14.1. The number of hydrogen-bond acceptors (Lipinski definition) is 3. The van der Waals surface area contributed by atoms with E-state index in [9.17, 15) is 4.39 Å². The van der Waals surface area contributed by atoms with Gasteiger partial charge in [-0.05, 0) is 42.8 Å². The van der Waals surface area contributed by atoms with Crippen molar-refractivity contribution in [2.45, 2.75) is 6.92 Å². The maximum Gasteiger partial charge on any atom is 0.181 e. The second kappa shape index (κ2) is 4.77. The summed E-state index contributed by atoms with van der Waals surface area (Å²) in [6, 6.07) is 11.8. The van der Waals surface area contributed by atoms with Crippen LogP contribution in [0, 0.1) is 12.7 Å². The third-order valence-electron chi connectivity index (χ3n) is 3.14. The average molecular weight is 268 g/mol. The minimum absolute atomic E-state index is 0.278. The van der Waals surface area contributed by atoms with Gasteiger partial charge in [-0.2, -0.15) is 5.10 Å². The number of halogens is 1. The van der Waals surface area contributed by atoms with Crippen molar-refractivity contribution in [3.8, 4) is 22.8 Å². The first kappa shape index (κ1) is 12.3. The van der Waals surface area contributed by atoms with Gasteiger partial charge in [0.1, 0.15) is 5.82 Å². The molecule has 0 bridgehead atoms. The van der Waals surface area contributed by atoms with Gasteiger partial charge >= 0.3 is 0 Å². The van der Waals surface area contributed by atoms with Crippen LogP contribution in [0.5, 0.6) is 0 Å². The van der Waals surface area contributed by atoms with Gasteiger partial charge < -0.3 is 5.73 Å². The molecule has 3 N–H and O–H groups in total. The summed E-state index contributed by atoms with van der Waals surface area (Å²) in [6.45, 7) is 1.95. The zero-order valence-electron chi connectivity index (χ0n) is 10.9. The number of anilines is 1. The molecular formula is C15H13FN4. The first-order valence-electron chi connectivity index (χ1n) is 6.18. The first-order valence-corrected chi connectivity index (χ1v) is 6.18. The highest BCUT2D eigenvalue weighted by Crippen LogP contribution is 2.23. The second-order valence-corrected chi connectivity index (χ2v) is 4.59. The second-order valence-electron chi connectivity index (χ2n) is 4.59. The number of nitrogens with one attached hydrogen (secondary N) is 1. The van der Waals surface area contributed by atoms with E-state index in [1.807, 2.05) is 25.1 Å². The molecule has 1 aromatic heterocycles. The molecule has 0 amide bonds. The molecule has 0 unspecified atom stereocenters. The molecule has 1 heterocycles. The molecule has 0 saturated heterocycles. The van der Waals surface area contributed by atoms with Crippen LogP contribution in [0.2, 0.25) is 0 Å². The largest absolute Gasteiger partial charge is 0.398 e. The van der Waals surface area contributed by atoms with Crippen molar-refractivity contribution in [2.75, 3.05) is 5.73 Å². The fraction of sp³-hybridized carbons (Fsp3) is 0.0667. The molecule has 0 aliphatic heterocycles. The topological polar surface area (TPSA) is 67.6 Å². The van der Waals surface area contributed by atoms with E-state index >= 15 is 0 Å². The number of hydrogen-bond donors (Lipinski definition) is 2. The first-order chi connectivity index (χ1) is 9.63. The highest BCUT2D eigenvalue weighted by Gasteiger charge is 2.08. The number of nitrogen functional groups attached to an aromatic ring is 1. The highest BCUT2D eigenvalue weighted by atomic mass is 19.1. The van der Waals surface area contributed by atoms with Crippen molar-refractivity contribution in [1.29, 1.82) is 0 Å². The molecule has 0 aliphatic rings. The minimum atomic E-state index is -0.278. The Bertz CT molecular complexity index is 747. The number of aromatic nitrogens is 3. The summed E-state index contributed by atoms with van der Waals surface area (Å²) in [5.74, 6) is 0.884. The van der Waals surface area contributed by atoms with Crippen molar-refractivity contribution in [3.63, 3.8) is 0 Å². The lowest BCUT2D eigenvalue weighted by Crippen LogP contribution is -1.90. The molecule has 20 heavy (non-hydrogen) atoms. The van der Waals surface area contributed by atoms with Gasteiger partial charge in [0.25, 0.3) is 0 Å². The monoisotopic (exact) mass is 268 g/mol. The quantitative estimate of drug-likeness (QED) is 0.701. The summed E-state index contributed by atoms with van der Waals surface area (Å²) < 4.78 is 12.9. The molecule has 0 atom stereocenters. The Hall–Kier alpha value is -2.69. The van der Waals surface area contributed by atoms with E-state index < -0.39 is 0 Å². The van der Waals surface area contributed by atoms with Gasteiger partial charge in [0, 0.05) is 16.8 Å². The zero-order valence-corrected chi connectivity index (χ0v) is 10.9. The smallest absolute Gasteiger partial charge is 0.181 e. The Morgan fingerprint density at radius 2 is 1.75 bits per heavy atom. The lowest BCUT2D eigenvalue weighted by Gasteiger charge is -2.01. The summed E-state index contributed by atoms with van der Waals surface area (Å²) in [6.07, 6.45) is 0. The number of nitrogens with zero attached hydrogens (tertiary/aromatic N) is 2. The third-order valence-corrected chi connectivity index (χ3v) is 3.14. The maximum absolute atomic E-state index is 12.9. The van der Waals surface area contributed by atoms with Gasteiger partial charge in [-0.25, -0.2) is 9.37 Å². The molecule has 0 fully saturated rings.